The van der Waals surface area contributed by atoms with Crippen LogP contribution in [0.15, 0.2) is 35.7 Å². The summed E-state index contributed by atoms with van der Waals surface area (Å²) in [6, 6.07) is 7.51. The van der Waals surface area contributed by atoms with Gasteiger partial charge in [0.2, 0.25) is 5.91 Å². The number of hydrogen-bond donors (Lipinski definition) is 1. The van der Waals surface area contributed by atoms with E-state index < -0.39 is 9.84 Å². The first-order chi connectivity index (χ1) is 10.4. The topological polar surface area (TPSA) is 63.2 Å². The Hall–Kier alpha value is -1.33. The second-order valence-corrected chi connectivity index (χ2v) is 8.42. The van der Waals surface area contributed by atoms with Crippen molar-refractivity contribution >= 4 is 27.3 Å². The first-order valence-electron chi connectivity index (χ1n) is 7.39. The minimum Gasteiger partial charge on any atom is -0.349 e. The maximum Gasteiger partial charge on any atom is 0.221 e. The second kappa shape index (κ2) is 6.05. The van der Waals surface area contributed by atoms with Gasteiger partial charge in [0.15, 0.2) is 9.84 Å². The molecule has 0 bridgehead atoms. The number of sulfone groups is 1. The molecule has 2 atom stereocenters. The SMILES string of the molecule is O=C(CC1C=CS(=O)(=O)C1)NC(c1ccc(Cl)cc1)C1CC1. The van der Waals surface area contributed by atoms with Gasteiger partial charge in [0.1, 0.15) is 0 Å². The summed E-state index contributed by atoms with van der Waals surface area (Å²) < 4.78 is 22.8. The minimum absolute atomic E-state index is 0.00763. The average molecular weight is 340 g/mol. The minimum atomic E-state index is -3.11. The third kappa shape index (κ3) is 3.90. The third-order valence-corrected chi connectivity index (χ3v) is 5.81. The standard InChI is InChI=1S/C16H18ClNO3S/c17-14-5-3-13(4-6-14)16(12-1-2-12)18-15(19)9-11-7-8-22(20,21)10-11/h3-8,11-12,16H,1-2,9-10H2,(H,18,19). The summed E-state index contributed by atoms with van der Waals surface area (Å²) in [6.07, 6.45) is 4.03. The molecule has 1 aromatic rings. The van der Waals surface area contributed by atoms with E-state index in [0.717, 1.165) is 18.4 Å². The van der Waals surface area contributed by atoms with E-state index in [1.54, 1.807) is 6.08 Å². The van der Waals surface area contributed by atoms with Crippen LogP contribution >= 0.6 is 11.6 Å². The van der Waals surface area contributed by atoms with Gasteiger partial charge in [-0.1, -0.05) is 29.8 Å². The predicted octanol–water partition coefficient (Wildman–Crippen LogP) is 2.86. The van der Waals surface area contributed by atoms with E-state index in [4.69, 9.17) is 11.6 Å². The van der Waals surface area contributed by atoms with Crippen LogP contribution in [0.4, 0.5) is 0 Å². The summed E-state index contributed by atoms with van der Waals surface area (Å²) in [7, 11) is -3.11. The number of hydrogen-bond acceptors (Lipinski definition) is 3. The summed E-state index contributed by atoms with van der Waals surface area (Å²) in [4.78, 5) is 12.2. The number of halogens is 1. The Morgan fingerprint density at radius 2 is 1.95 bits per heavy atom. The number of carbonyl (C=O) groups excluding carboxylic acids is 1. The molecule has 2 aliphatic rings. The Kier molecular flexibility index (Phi) is 4.28. The number of nitrogens with one attached hydrogen (secondary N) is 1. The molecule has 6 heteroatoms. The highest BCUT2D eigenvalue weighted by Crippen LogP contribution is 2.41. The van der Waals surface area contributed by atoms with Crippen LogP contribution < -0.4 is 5.32 Å². The largest absolute Gasteiger partial charge is 0.349 e. The van der Waals surface area contributed by atoms with Crippen molar-refractivity contribution in [3.8, 4) is 0 Å². The zero-order valence-corrected chi connectivity index (χ0v) is 13.6. The molecule has 0 radical (unpaired) electrons. The van der Waals surface area contributed by atoms with Crippen molar-refractivity contribution in [2.75, 3.05) is 5.75 Å². The molecule has 1 fully saturated rings. The van der Waals surface area contributed by atoms with E-state index in [0.29, 0.717) is 10.9 Å². The summed E-state index contributed by atoms with van der Waals surface area (Å²) in [5.41, 5.74) is 1.05. The summed E-state index contributed by atoms with van der Waals surface area (Å²) in [6.45, 7) is 0. The van der Waals surface area contributed by atoms with E-state index >= 15 is 0 Å². The van der Waals surface area contributed by atoms with Crippen molar-refractivity contribution < 1.29 is 13.2 Å². The Bertz CT molecular complexity index is 693. The Morgan fingerprint density at radius 1 is 1.27 bits per heavy atom. The highest BCUT2D eigenvalue weighted by Gasteiger charge is 2.34. The Balaban J connectivity index is 1.63. The zero-order chi connectivity index (χ0) is 15.7. The molecular formula is C16H18ClNO3S. The van der Waals surface area contributed by atoms with Crippen molar-refractivity contribution in [2.24, 2.45) is 11.8 Å². The summed E-state index contributed by atoms with van der Waals surface area (Å²) in [5.74, 6) is 0.191. The van der Waals surface area contributed by atoms with Crippen molar-refractivity contribution in [3.63, 3.8) is 0 Å². The molecule has 1 aliphatic heterocycles. The lowest BCUT2D eigenvalue weighted by Gasteiger charge is -2.19. The molecule has 118 valence electrons. The van der Waals surface area contributed by atoms with Gasteiger partial charge in [0.05, 0.1) is 11.8 Å². The van der Waals surface area contributed by atoms with Gasteiger partial charge in [-0.15, -0.1) is 0 Å². The number of rotatable bonds is 5. The fraction of sp³-hybridized carbons (Fsp3) is 0.438. The Labute approximate surface area is 135 Å². The molecular weight excluding hydrogens is 322 g/mol. The van der Waals surface area contributed by atoms with Crippen LogP contribution in [0.1, 0.15) is 30.9 Å². The molecule has 2 unspecified atom stereocenters. The molecule has 22 heavy (non-hydrogen) atoms. The van der Waals surface area contributed by atoms with Gasteiger partial charge in [0, 0.05) is 22.8 Å². The van der Waals surface area contributed by atoms with Crippen LogP contribution in [0.2, 0.25) is 5.02 Å². The van der Waals surface area contributed by atoms with Gasteiger partial charge in [-0.25, -0.2) is 8.42 Å². The lowest BCUT2D eigenvalue weighted by molar-refractivity contribution is -0.122. The number of allylic oxidation sites excluding steroid dienone is 1. The van der Waals surface area contributed by atoms with Crippen LogP contribution in [-0.4, -0.2) is 20.1 Å². The molecule has 1 amide bonds. The molecule has 0 aromatic heterocycles. The number of amides is 1. The fourth-order valence-corrected chi connectivity index (χ4v) is 4.34. The molecule has 1 N–H and O–H groups in total. The van der Waals surface area contributed by atoms with Gasteiger partial charge < -0.3 is 5.32 Å². The smallest absolute Gasteiger partial charge is 0.221 e. The van der Waals surface area contributed by atoms with Gasteiger partial charge in [0.25, 0.3) is 0 Å². The molecule has 1 aromatic carbocycles. The van der Waals surface area contributed by atoms with E-state index in [-0.39, 0.29) is 30.0 Å². The lowest BCUT2D eigenvalue weighted by Crippen LogP contribution is -2.31. The van der Waals surface area contributed by atoms with Crippen molar-refractivity contribution in [2.45, 2.75) is 25.3 Å². The maximum atomic E-state index is 12.2. The van der Waals surface area contributed by atoms with E-state index in [1.165, 1.54) is 5.41 Å². The quantitative estimate of drug-likeness (QED) is 0.897. The summed E-state index contributed by atoms with van der Waals surface area (Å²) >= 11 is 5.91. The molecule has 1 aliphatic carbocycles. The average Bonchev–Trinajstić information content (AvgIpc) is 3.23. The van der Waals surface area contributed by atoms with E-state index in [2.05, 4.69) is 5.32 Å². The number of benzene rings is 1. The molecule has 0 saturated heterocycles. The van der Waals surface area contributed by atoms with Crippen molar-refractivity contribution in [1.82, 2.24) is 5.32 Å². The van der Waals surface area contributed by atoms with Gasteiger partial charge in [-0.3, -0.25) is 4.79 Å². The van der Waals surface area contributed by atoms with Crippen molar-refractivity contribution in [1.29, 1.82) is 0 Å². The highest BCUT2D eigenvalue weighted by molar-refractivity contribution is 7.94. The van der Waals surface area contributed by atoms with Crippen LogP contribution in [0.5, 0.6) is 0 Å². The molecule has 1 heterocycles. The third-order valence-electron chi connectivity index (χ3n) is 4.09. The lowest BCUT2D eigenvalue weighted by atomic mass is 10.0. The van der Waals surface area contributed by atoms with E-state index in [9.17, 15) is 13.2 Å². The first-order valence-corrected chi connectivity index (χ1v) is 9.48. The van der Waals surface area contributed by atoms with Crippen LogP contribution in [0.3, 0.4) is 0 Å². The maximum absolute atomic E-state index is 12.2. The predicted molar refractivity (Wildman–Crippen MR) is 86.1 cm³/mol. The monoisotopic (exact) mass is 339 g/mol. The molecule has 1 saturated carbocycles. The zero-order valence-electron chi connectivity index (χ0n) is 12.0. The van der Waals surface area contributed by atoms with E-state index in [1.807, 2.05) is 24.3 Å². The highest BCUT2D eigenvalue weighted by atomic mass is 35.5. The number of carbonyl (C=O) groups is 1. The second-order valence-electron chi connectivity index (χ2n) is 6.06. The molecule has 4 nitrogen and oxygen atoms in total. The van der Waals surface area contributed by atoms with Gasteiger partial charge >= 0.3 is 0 Å². The fourth-order valence-electron chi connectivity index (χ4n) is 2.81. The molecule has 3 rings (SSSR count). The van der Waals surface area contributed by atoms with Crippen LogP contribution in [-0.2, 0) is 14.6 Å². The molecule has 0 spiro atoms. The first kappa shape index (κ1) is 15.6. The van der Waals surface area contributed by atoms with Crippen LogP contribution in [0, 0.1) is 11.8 Å². The normalized spacial score (nSPS) is 24.1. The van der Waals surface area contributed by atoms with Gasteiger partial charge in [-0.2, -0.15) is 0 Å². The van der Waals surface area contributed by atoms with Gasteiger partial charge in [-0.05, 0) is 36.5 Å². The van der Waals surface area contributed by atoms with Crippen molar-refractivity contribution in [3.05, 3.63) is 46.3 Å². The van der Waals surface area contributed by atoms with Crippen LogP contribution in [0.25, 0.3) is 0 Å². The Morgan fingerprint density at radius 3 is 2.50 bits per heavy atom. The summed E-state index contributed by atoms with van der Waals surface area (Å²) in [5, 5.41) is 4.94.